The van der Waals surface area contributed by atoms with Gasteiger partial charge >= 0.3 is 0 Å². The van der Waals surface area contributed by atoms with E-state index >= 15 is 0 Å². The summed E-state index contributed by atoms with van der Waals surface area (Å²) in [7, 11) is 0. The molecule has 0 aromatic rings. The Morgan fingerprint density at radius 3 is 2.47 bits per heavy atom. The molecule has 1 aliphatic heterocycles. The van der Waals surface area contributed by atoms with Gasteiger partial charge in [-0.15, -0.1) is 0 Å². The first-order valence-corrected chi connectivity index (χ1v) is 6.07. The van der Waals surface area contributed by atoms with Gasteiger partial charge in [0.05, 0.1) is 13.1 Å². The van der Waals surface area contributed by atoms with Gasteiger partial charge in [-0.25, -0.2) is 0 Å². The molecular formula is C11H22N4O2. The Hall–Kier alpha value is -1.14. The van der Waals surface area contributed by atoms with E-state index in [4.69, 9.17) is 0 Å². The zero-order valence-electron chi connectivity index (χ0n) is 10.6. The highest BCUT2D eigenvalue weighted by Gasteiger charge is 2.13. The number of amides is 2. The first-order chi connectivity index (χ1) is 8.08. The lowest BCUT2D eigenvalue weighted by atomic mass is 10.3. The molecule has 98 valence electrons. The summed E-state index contributed by atoms with van der Waals surface area (Å²) in [5.41, 5.74) is 0. The molecule has 6 nitrogen and oxygen atoms in total. The second-order valence-corrected chi connectivity index (χ2v) is 4.53. The second-order valence-electron chi connectivity index (χ2n) is 4.53. The molecule has 0 aromatic carbocycles. The molecule has 3 N–H and O–H groups in total. The lowest BCUT2D eigenvalue weighted by Crippen LogP contribution is -2.48. The van der Waals surface area contributed by atoms with Crippen LogP contribution in [0.4, 0.5) is 0 Å². The summed E-state index contributed by atoms with van der Waals surface area (Å²) in [5, 5.41) is 8.57. The average molecular weight is 242 g/mol. The Morgan fingerprint density at radius 2 is 1.88 bits per heavy atom. The number of piperazine rings is 1. The molecule has 17 heavy (non-hydrogen) atoms. The van der Waals surface area contributed by atoms with Crippen LogP contribution in [0.1, 0.15) is 13.8 Å². The molecule has 0 radical (unpaired) electrons. The minimum absolute atomic E-state index is 0.0586. The van der Waals surface area contributed by atoms with Gasteiger partial charge < -0.3 is 16.0 Å². The van der Waals surface area contributed by atoms with Crippen molar-refractivity contribution in [3.05, 3.63) is 0 Å². The molecule has 0 spiro atoms. The van der Waals surface area contributed by atoms with E-state index in [9.17, 15) is 9.59 Å². The minimum Gasteiger partial charge on any atom is -0.352 e. The van der Waals surface area contributed by atoms with Gasteiger partial charge in [-0.05, 0) is 13.8 Å². The maximum atomic E-state index is 11.5. The van der Waals surface area contributed by atoms with Gasteiger partial charge in [-0.1, -0.05) is 0 Å². The van der Waals surface area contributed by atoms with Crippen molar-refractivity contribution < 1.29 is 9.59 Å². The summed E-state index contributed by atoms with van der Waals surface area (Å²) in [6.45, 7) is 7.81. The third-order valence-corrected chi connectivity index (χ3v) is 2.47. The third kappa shape index (κ3) is 6.23. The summed E-state index contributed by atoms with van der Waals surface area (Å²) in [5.74, 6) is -0.237. The van der Waals surface area contributed by atoms with Gasteiger partial charge in [-0.2, -0.15) is 0 Å². The van der Waals surface area contributed by atoms with Crippen molar-refractivity contribution >= 4 is 11.8 Å². The van der Waals surface area contributed by atoms with Crippen molar-refractivity contribution in [3.63, 3.8) is 0 Å². The number of hydrogen-bond donors (Lipinski definition) is 3. The second kappa shape index (κ2) is 7.24. The molecule has 1 fully saturated rings. The highest BCUT2D eigenvalue weighted by atomic mass is 16.2. The molecule has 1 heterocycles. The molecule has 1 saturated heterocycles. The van der Waals surface area contributed by atoms with E-state index in [1.807, 2.05) is 13.8 Å². The van der Waals surface area contributed by atoms with E-state index in [2.05, 4.69) is 20.9 Å². The van der Waals surface area contributed by atoms with Gasteiger partial charge in [0.25, 0.3) is 0 Å². The fourth-order valence-corrected chi connectivity index (χ4v) is 1.68. The number of nitrogens with one attached hydrogen (secondary N) is 3. The smallest absolute Gasteiger partial charge is 0.239 e. The minimum atomic E-state index is -0.145. The zero-order chi connectivity index (χ0) is 12.7. The van der Waals surface area contributed by atoms with Crippen LogP contribution in [0.3, 0.4) is 0 Å². The van der Waals surface area contributed by atoms with Crippen molar-refractivity contribution in [2.24, 2.45) is 0 Å². The van der Waals surface area contributed by atoms with E-state index in [1.54, 1.807) is 0 Å². The molecule has 0 aromatic heterocycles. The van der Waals surface area contributed by atoms with E-state index in [0.29, 0.717) is 6.54 Å². The van der Waals surface area contributed by atoms with E-state index in [0.717, 1.165) is 26.2 Å². The first-order valence-electron chi connectivity index (χ1n) is 6.07. The van der Waals surface area contributed by atoms with Crippen LogP contribution in [0.15, 0.2) is 0 Å². The fourth-order valence-electron chi connectivity index (χ4n) is 1.68. The van der Waals surface area contributed by atoms with Crippen molar-refractivity contribution in [2.45, 2.75) is 19.9 Å². The predicted octanol–water partition coefficient (Wildman–Crippen LogP) is -1.47. The molecule has 0 bridgehead atoms. The molecule has 2 amide bonds. The Balaban J connectivity index is 2.14. The molecule has 1 rings (SSSR count). The van der Waals surface area contributed by atoms with Crippen molar-refractivity contribution in [1.82, 2.24) is 20.9 Å². The van der Waals surface area contributed by atoms with Crippen LogP contribution in [-0.4, -0.2) is 62.0 Å². The summed E-state index contributed by atoms with van der Waals surface area (Å²) in [6.07, 6.45) is 0. The maximum absolute atomic E-state index is 11.5. The van der Waals surface area contributed by atoms with Crippen molar-refractivity contribution in [3.8, 4) is 0 Å². The Kier molecular flexibility index (Phi) is 5.93. The largest absolute Gasteiger partial charge is 0.352 e. The van der Waals surface area contributed by atoms with Crippen LogP contribution >= 0.6 is 0 Å². The standard InChI is InChI=1S/C11H22N4O2/c1-9(2)14-10(16)7-13-11(17)8-15-5-3-12-4-6-15/h9,12H,3-8H2,1-2H3,(H,13,17)(H,14,16). The van der Waals surface area contributed by atoms with Gasteiger partial charge in [0.15, 0.2) is 0 Å². The number of hydrogen-bond acceptors (Lipinski definition) is 4. The van der Waals surface area contributed by atoms with Crippen LogP contribution in [-0.2, 0) is 9.59 Å². The molecule has 1 aliphatic rings. The summed E-state index contributed by atoms with van der Waals surface area (Å²) in [6, 6.07) is 0.104. The molecule has 6 heteroatoms. The average Bonchev–Trinajstić information content (AvgIpc) is 2.27. The third-order valence-electron chi connectivity index (χ3n) is 2.47. The molecular weight excluding hydrogens is 220 g/mol. The van der Waals surface area contributed by atoms with Crippen LogP contribution in [0.5, 0.6) is 0 Å². The molecule has 0 aliphatic carbocycles. The van der Waals surface area contributed by atoms with Crippen LogP contribution in [0.25, 0.3) is 0 Å². The molecule has 0 atom stereocenters. The topological polar surface area (TPSA) is 73.5 Å². The van der Waals surface area contributed by atoms with Gasteiger partial charge in [-0.3, -0.25) is 14.5 Å². The quantitative estimate of drug-likeness (QED) is 0.550. The van der Waals surface area contributed by atoms with Gasteiger partial charge in [0.2, 0.25) is 11.8 Å². The van der Waals surface area contributed by atoms with E-state index in [1.165, 1.54) is 0 Å². The highest BCUT2D eigenvalue weighted by Crippen LogP contribution is 1.90. The first kappa shape index (κ1) is 13.9. The number of rotatable bonds is 5. The van der Waals surface area contributed by atoms with E-state index in [-0.39, 0.29) is 24.4 Å². The SMILES string of the molecule is CC(C)NC(=O)CNC(=O)CN1CCNCC1. The Labute approximate surface area is 102 Å². The summed E-state index contributed by atoms with van der Waals surface area (Å²) >= 11 is 0. The number of carbonyl (C=O) groups excluding carboxylic acids is 2. The molecule has 0 saturated carbocycles. The Bertz CT molecular complexity index is 262. The van der Waals surface area contributed by atoms with Gasteiger partial charge in [0, 0.05) is 32.2 Å². The molecule has 0 unspecified atom stereocenters. The van der Waals surface area contributed by atoms with Crippen LogP contribution in [0.2, 0.25) is 0 Å². The monoisotopic (exact) mass is 242 g/mol. The van der Waals surface area contributed by atoms with Crippen LogP contribution in [0, 0.1) is 0 Å². The highest BCUT2D eigenvalue weighted by molar-refractivity contribution is 5.85. The lowest BCUT2D eigenvalue weighted by molar-refractivity contribution is -0.127. The maximum Gasteiger partial charge on any atom is 0.239 e. The predicted molar refractivity (Wildman–Crippen MR) is 65.6 cm³/mol. The summed E-state index contributed by atoms with van der Waals surface area (Å²) in [4.78, 5) is 24.9. The number of carbonyl (C=O) groups is 2. The fraction of sp³-hybridized carbons (Fsp3) is 0.818. The Morgan fingerprint density at radius 1 is 1.24 bits per heavy atom. The zero-order valence-corrected chi connectivity index (χ0v) is 10.6. The normalized spacial score (nSPS) is 16.9. The van der Waals surface area contributed by atoms with E-state index < -0.39 is 0 Å². The lowest BCUT2D eigenvalue weighted by Gasteiger charge is -2.26. The van der Waals surface area contributed by atoms with Crippen molar-refractivity contribution in [2.75, 3.05) is 39.3 Å². The number of nitrogens with zero attached hydrogens (tertiary/aromatic N) is 1. The van der Waals surface area contributed by atoms with Crippen molar-refractivity contribution in [1.29, 1.82) is 0 Å². The van der Waals surface area contributed by atoms with Crippen LogP contribution < -0.4 is 16.0 Å². The summed E-state index contributed by atoms with van der Waals surface area (Å²) < 4.78 is 0. The van der Waals surface area contributed by atoms with Gasteiger partial charge in [0.1, 0.15) is 0 Å².